The molecule has 7 heteroatoms. The number of rotatable bonds is 7. The van der Waals surface area contributed by atoms with Crippen molar-refractivity contribution in [1.82, 2.24) is 10.1 Å². The van der Waals surface area contributed by atoms with Crippen LogP contribution in [0.3, 0.4) is 0 Å². The molecule has 0 amide bonds. The fourth-order valence-electron chi connectivity index (χ4n) is 1.98. The van der Waals surface area contributed by atoms with Crippen LogP contribution in [0.2, 0.25) is 5.02 Å². The highest BCUT2D eigenvalue weighted by Crippen LogP contribution is 2.19. The van der Waals surface area contributed by atoms with Crippen LogP contribution in [-0.2, 0) is 21.4 Å². The van der Waals surface area contributed by atoms with Gasteiger partial charge in [0.25, 0.3) is 0 Å². The number of halogens is 1. The van der Waals surface area contributed by atoms with Crippen molar-refractivity contribution in [3.63, 3.8) is 0 Å². The molecule has 1 aromatic carbocycles. The predicted molar refractivity (Wildman–Crippen MR) is 92.7 cm³/mol. The average Bonchev–Trinajstić information content (AvgIpc) is 3.02. The number of hydrogen-bond acceptors (Lipinski definition) is 6. The van der Waals surface area contributed by atoms with Crippen LogP contribution in [0, 0.1) is 0 Å². The molecule has 2 aromatic rings. The molecule has 0 atom stereocenters. The highest BCUT2D eigenvalue weighted by atomic mass is 35.5. The quantitative estimate of drug-likeness (QED) is 0.549. The van der Waals surface area contributed by atoms with E-state index in [-0.39, 0.29) is 24.2 Å². The molecular weight excluding hydrogens is 344 g/mol. The summed E-state index contributed by atoms with van der Waals surface area (Å²) in [6.07, 6.45) is 1.18. The first-order valence-electron chi connectivity index (χ1n) is 8.03. The van der Waals surface area contributed by atoms with E-state index in [1.54, 1.807) is 24.3 Å². The van der Waals surface area contributed by atoms with Crippen molar-refractivity contribution in [1.29, 1.82) is 0 Å². The molecule has 134 valence electrons. The molecule has 0 saturated heterocycles. The lowest BCUT2D eigenvalue weighted by atomic mass is 9.96. The third-order valence-corrected chi connectivity index (χ3v) is 3.69. The van der Waals surface area contributed by atoms with Gasteiger partial charge in [0, 0.05) is 28.8 Å². The van der Waals surface area contributed by atoms with Gasteiger partial charge in [0.05, 0.1) is 0 Å². The van der Waals surface area contributed by atoms with Gasteiger partial charge in [-0.2, -0.15) is 4.98 Å². The topological polar surface area (TPSA) is 82.3 Å². The minimum Gasteiger partial charge on any atom is -0.457 e. The van der Waals surface area contributed by atoms with Gasteiger partial charge in [0.2, 0.25) is 5.89 Å². The maximum Gasteiger partial charge on any atom is 0.306 e. The molecule has 1 aromatic heterocycles. The Kier molecular flexibility index (Phi) is 6.31. The highest BCUT2D eigenvalue weighted by molar-refractivity contribution is 6.30. The zero-order chi connectivity index (χ0) is 18.4. The maximum atomic E-state index is 11.9. The van der Waals surface area contributed by atoms with Crippen LogP contribution >= 0.6 is 11.6 Å². The summed E-state index contributed by atoms with van der Waals surface area (Å²) in [7, 11) is 0. The molecule has 0 bridgehead atoms. The lowest BCUT2D eigenvalue weighted by Gasteiger charge is -2.10. The lowest BCUT2D eigenvalue weighted by Crippen LogP contribution is -2.14. The van der Waals surface area contributed by atoms with Crippen molar-refractivity contribution >= 4 is 23.4 Å². The molecule has 0 saturated carbocycles. The number of carbonyl (C=O) groups is 2. The Bertz CT molecular complexity index is 732. The Balaban J connectivity index is 1.71. The summed E-state index contributed by atoms with van der Waals surface area (Å²) in [6.45, 7) is 5.71. The molecular formula is C18H21ClN2O4. The standard InChI is InChI=1S/C18H21ClN2O4/c1-18(2,3)17-20-15(25-21-17)5-4-6-16(23)24-11-14(22)12-7-9-13(19)10-8-12/h7-10H,4-6,11H2,1-3H3. The SMILES string of the molecule is CC(C)(C)c1noc(CCCC(=O)OCC(=O)c2ccc(Cl)cc2)n1. The van der Waals surface area contributed by atoms with Gasteiger partial charge >= 0.3 is 5.97 Å². The first kappa shape index (κ1) is 19.1. The van der Waals surface area contributed by atoms with Crippen molar-refractivity contribution in [3.05, 3.63) is 46.6 Å². The van der Waals surface area contributed by atoms with Gasteiger partial charge in [-0.3, -0.25) is 9.59 Å². The fourth-order valence-corrected chi connectivity index (χ4v) is 2.11. The van der Waals surface area contributed by atoms with Crippen LogP contribution in [0.5, 0.6) is 0 Å². The zero-order valence-electron chi connectivity index (χ0n) is 14.5. The van der Waals surface area contributed by atoms with Gasteiger partial charge in [-0.25, -0.2) is 0 Å². The van der Waals surface area contributed by atoms with E-state index in [2.05, 4.69) is 10.1 Å². The molecule has 0 aliphatic carbocycles. The molecule has 0 spiro atoms. The molecule has 25 heavy (non-hydrogen) atoms. The van der Waals surface area contributed by atoms with Gasteiger partial charge in [-0.05, 0) is 30.7 Å². The second-order valence-corrected chi connectivity index (χ2v) is 7.14. The monoisotopic (exact) mass is 364 g/mol. The van der Waals surface area contributed by atoms with E-state index in [0.29, 0.717) is 35.1 Å². The fraction of sp³-hybridized carbons (Fsp3) is 0.444. The number of nitrogens with zero attached hydrogens (tertiary/aromatic N) is 2. The van der Waals surface area contributed by atoms with Crippen LogP contribution in [0.4, 0.5) is 0 Å². The molecule has 2 rings (SSSR count). The van der Waals surface area contributed by atoms with Crippen molar-refractivity contribution < 1.29 is 18.8 Å². The second-order valence-electron chi connectivity index (χ2n) is 6.71. The van der Waals surface area contributed by atoms with E-state index >= 15 is 0 Å². The van der Waals surface area contributed by atoms with E-state index in [0.717, 1.165) is 0 Å². The van der Waals surface area contributed by atoms with E-state index in [1.807, 2.05) is 20.8 Å². The zero-order valence-corrected chi connectivity index (χ0v) is 15.3. The minimum atomic E-state index is -0.433. The van der Waals surface area contributed by atoms with Crippen LogP contribution in [0.1, 0.15) is 55.7 Å². The third-order valence-electron chi connectivity index (χ3n) is 3.44. The van der Waals surface area contributed by atoms with Crippen molar-refractivity contribution in [2.45, 2.75) is 45.4 Å². The normalized spacial score (nSPS) is 11.4. The number of ether oxygens (including phenoxy) is 1. The van der Waals surface area contributed by atoms with Crippen LogP contribution in [-0.4, -0.2) is 28.5 Å². The molecule has 0 aliphatic rings. The predicted octanol–water partition coefficient (Wildman–Crippen LogP) is 3.77. The lowest BCUT2D eigenvalue weighted by molar-refractivity contribution is -0.142. The summed E-state index contributed by atoms with van der Waals surface area (Å²) < 4.78 is 10.2. The number of esters is 1. The van der Waals surface area contributed by atoms with Gasteiger partial charge in [0.1, 0.15) is 0 Å². The van der Waals surface area contributed by atoms with Gasteiger partial charge in [0.15, 0.2) is 18.2 Å². The highest BCUT2D eigenvalue weighted by Gasteiger charge is 2.20. The number of benzene rings is 1. The molecule has 0 unspecified atom stereocenters. The number of carbonyl (C=O) groups excluding carboxylic acids is 2. The summed E-state index contributed by atoms with van der Waals surface area (Å²) >= 11 is 5.76. The van der Waals surface area contributed by atoms with Crippen LogP contribution in [0.25, 0.3) is 0 Å². The van der Waals surface area contributed by atoms with E-state index < -0.39 is 5.97 Å². The number of ketones is 1. The van der Waals surface area contributed by atoms with E-state index in [4.69, 9.17) is 20.9 Å². The molecule has 0 fully saturated rings. The van der Waals surface area contributed by atoms with Crippen molar-refractivity contribution in [2.24, 2.45) is 0 Å². The summed E-state index contributed by atoms with van der Waals surface area (Å²) in [5.41, 5.74) is 0.278. The number of Topliss-reactive ketones (excluding diaryl/α,β-unsaturated/α-hetero) is 1. The molecule has 0 N–H and O–H groups in total. The Labute approximate surface area is 151 Å². The summed E-state index contributed by atoms with van der Waals surface area (Å²) in [5.74, 6) is 0.434. The molecule has 1 heterocycles. The van der Waals surface area contributed by atoms with Gasteiger partial charge in [-0.1, -0.05) is 37.5 Å². The van der Waals surface area contributed by atoms with E-state index in [9.17, 15) is 9.59 Å². The second kappa shape index (κ2) is 8.25. The smallest absolute Gasteiger partial charge is 0.306 e. The summed E-state index contributed by atoms with van der Waals surface area (Å²) in [4.78, 5) is 27.9. The maximum absolute atomic E-state index is 11.9. The molecule has 6 nitrogen and oxygen atoms in total. The number of aryl methyl sites for hydroxylation is 1. The minimum absolute atomic E-state index is 0.178. The van der Waals surface area contributed by atoms with Gasteiger partial charge in [-0.15, -0.1) is 0 Å². The molecule has 0 radical (unpaired) electrons. The Morgan fingerprint density at radius 3 is 2.48 bits per heavy atom. The summed E-state index contributed by atoms with van der Waals surface area (Å²) in [6, 6.07) is 6.43. The first-order chi connectivity index (χ1) is 11.8. The average molecular weight is 365 g/mol. The van der Waals surface area contributed by atoms with Crippen molar-refractivity contribution in [3.8, 4) is 0 Å². The van der Waals surface area contributed by atoms with Crippen molar-refractivity contribution in [2.75, 3.05) is 6.61 Å². The largest absolute Gasteiger partial charge is 0.457 e. The summed E-state index contributed by atoms with van der Waals surface area (Å²) in [5, 5.41) is 4.47. The van der Waals surface area contributed by atoms with E-state index in [1.165, 1.54) is 0 Å². The van der Waals surface area contributed by atoms with Crippen LogP contribution < -0.4 is 0 Å². The number of hydrogen-bond donors (Lipinski definition) is 0. The number of aromatic nitrogens is 2. The van der Waals surface area contributed by atoms with Gasteiger partial charge < -0.3 is 9.26 Å². The third kappa shape index (κ3) is 5.98. The van der Waals surface area contributed by atoms with Crippen LogP contribution in [0.15, 0.2) is 28.8 Å². The Morgan fingerprint density at radius 2 is 1.88 bits per heavy atom. The Morgan fingerprint density at radius 1 is 1.20 bits per heavy atom. The Hall–Kier alpha value is -2.21. The molecule has 0 aliphatic heterocycles. The first-order valence-corrected chi connectivity index (χ1v) is 8.41.